The van der Waals surface area contributed by atoms with E-state index in [1.54, 1.807) is 0 Å². The molecule has 0 fully saturated rings. The fraction of sp³-hybridized carbons (Fsp3) is 0.276. The molecule has 2 heterocycles. The highest BCUT2D eigenvalue weighted by atomic mass is 15.1. The zero-order valence-electron chi connectivity index (χ0n) is 18.4. The summed E-state index contributed by atoms with van der Waals surface area (Å²) in [5.41, 5.74) is 8.22. The minimum Gasteiger partial charge on any atom is -0.192 e. The molecule has 150 valence electrons. The molecule has 0 spiro atoms. The van der Waals surface area contributed by atoms with Crippen molar-refractivity contribution in [2.75, 3.05) is 0 Å². The van der Waals surface area contributed by atoms with Crippen molar-refractivity contribution >= 4 is 10.8 Å². The number of hydrogen-bond acceptors (Lipinski definition) is 0. The Morgan fingerprint density at radius 2 is 1.67 bits per heavy atom. The molecule has 3 aromatic carbocycles. The minimum absolute atomic E-state index is 0.0754. The number of pyridine rings is 1. The first-order valence-corrected chi connectivity index (χ1v) is 11.2. The molecule has 0 aliphatic carbocycles. The van der Waals surface area contributed by atoms with Crippen molar-refractivity contribution in [3.8, 4) is 22.4 Å². The third kappa shape index (κ3) is 2.72. The van der Waals surface area contributed by atoms with Crippen LogP contribution in [0.2, 0.25) is 0 Å². The van der Waals surface area contributed by atoms with E-state index in [1.165, 1.54) is 44.3 Å². The minimum atomic E-state index is 0.0754. The smallest absolute Gasteiger partial charge is 0.192 e. The first kappa shape index (κ1) is 19.1. The number of nitrogens with zero attached hydrogens (tertiary/aromatic N) is 1. The molecule has 0 bridgehead atoms. The highest BCUT2D eigenvalue weighted by Gasteiger charge is 2.48. The Balaban J connectivity index is 1.86. The molecule has 4 aromatic rings. The summed E-state index contributed by atoms with van der Waals surface area (Å²) < 4.78 is 2.58. The lowest BCUT2D eigenvalue weighted by Crippen LogP contribution is -2.60. The van der Waals surface area contributed by atoms with E-state index in [0.717, 1.165) is 12.8 Å². The van der Waals surface area contributed by atoms with Crippen LogP contribution < -0.4 is 4.57 Å². The van der Waals surface area contributed by atoms with Gasteiger partial charge < -0.3 is 0 Å². The normalized spacial score (nSPS) is 20.1. The Hall–Kier alpha value is -2.93. The lowest BCUT2D eigenvalue weighted by atomic mass is 9.71. The van der Waals surface area contributed by atoms with Crippen molar-refractivity contribution in [1.82, 2.24) is 0 Å². The van der Waals surface area contributed by atoms with Gasteiger partial charge in [-0.15, -0.1) is 0 Å². The van der Waals surface area contributed by atoms with Crippen LogP contribution in [0.3, 0.4) is 0 Å². The van der Waals surface area contributed by atoms with E-state index in [2.05, 4.69) is 111 Å². The van der Waals surface area contributed by atoms with Gasteiger partial charge in [0.15, 0.2) is 11.7 Å². The van der Waals surface area contributed by atoms with Gasteiger partial charge in [0.1, 0.15) is 0 Å². The van der Waals surface area contributed by atoms with Crippen molar-refractivity contribution in [1.29, 1.82) is 0 Å². The van der Waals surface area contributed by atoms with Crippen LogP contribution in [-0.2, 0) is 5.54 Å². The Labute approximate surface area is 180 Å². The molecule has 1 heteroatoms. The van der Waals surface area contributed by atoms with E-state index >= 15 is 0 Å². The van der Waals surface area contributed by atoms with Crippen LogP contribution in [0.25, 0.3) is 33.2 Å². The Kier molecular flexibility index (Phi) is 4.50. The van der Waals surface area contributed by atoms with Gasteiger partial charge in [0, 0.05) is 25.3 Å². The average Bonchev–Trinajstić information content (AvgIpc) is 2.78. The Morgan fingerprint density at radius 1 is 0.867 bits per heavy atom. The molecule has 2 atom stereocenters. The molecule has 1 aliphatic heterocycles. The fourth-order valence-corrected chi connectivity index (χ4v) is 5.57. The van der Waals surface area contributed by atoms with E-state index < -0.39 is 0 Å². The summed E-state index contributed by atoms with van der Waals surface area (Å²) in [4.78, 5) is 0. The fourth-order valence-electron chi connectivity index (χ4n) is 5.57. The monoisotopic (exact) mass is 392 g/mol. The highest BCUT2D eigenvalue weighted by Crippen LogP contribution is 2.47. The summed E-state index contributed by atoms with van der Waals surface area (Å²) in [6.07, 6.45) is 4.58. The first-order chi connectivity index (χ1) is 14.6. The molecule has 0 saturated heterocycles. The zero-order chi connectivity index (χ0) is 20.9. The van der Waals surface area contributed by atoms with Crippen LogP contribution in [0, 0.1) is 6.92 Å². The predicted molar refractivity (Wildman–Crippen MR) is 127 cm³/mol. The van der Waals surface area contributed by atoms with Gasteiger partial charge in [0.2, 0.25) is 5.69 Å². The van der Waals surface area contributed by atoms with Crippen molar-refractivity contribution in [3.63, 3.8) is 0 Å². The van der Waals surface area contributed by atoms with Gasteiger partial charge in [0.05, 0.1) is 10.9 Å². The highest BCUT2D eigenvalue weighted by molar-refractivity contribution is 5.95. The van der Waals surface area contributed by atoms with E-state index in [1.807, 2.05) is 0 Å². The molecule has 0 N–H and O–H groups in total. The lowest BCUT2D eigenvalue weighted by molar-refractivity contribution is -0.757. The maximum absolute atomic E-state index is 2.58. The zero-order valence-corrected chi connectivity index (χ0v) is 18.4. The number of fused-ring (bicyclic) bond motifs is 5. The quantitative estimate of drug-likeness (QED) is 0.320. The van der Waals surface area contributed by atoms with Gasteiger partial charge in [-0.05, 0) is 47.6 Å². The summed E-state index contributed by atoms with van der Waals surface area (Å²) >= 11 is 0. The van der Waals surface area contributed by atoms with Gasteiger partial charge in [-0.25, -0.2) is 0 Å². The summed E-state index contributed by atoms with van der Waals surface area (Å²) in [5.74, 6) is 0.503. The van der Waals surface area contributed by atoms with Crippen LogP contribution in [0.15, 0.2) is 79.0 Å². The van der Waals surface area contributed by atoms with Gasteiger partial charge in [-0.2, -0.15) is 4.57 Å². The van der Waals surface area contributed by atoms with Gasteiger partial charge in [0.25, 0.3) is 0 Å². The van der Waals surface area contributed by atoms with Crippen molar-refractivity contribution in [2.24, 2.45) is 0 Å². The van der Waals surface area contributed by atoms with Crippen molar-refractivity contribution in [3.05, 3.63) is 90.1 Å². The molecule has 2 unspecified atom stereocenters. The molecular weight excluding hydrogens is 362 g/mol. The molecule has 0 saturated carbocycles. The van der Waals surface area contributed by atoms with Gasteiger partial charge in [-0.3, -0.25) is 0 Å². The maximum Gasteiger partial charge on any atom is 0.221 e. The standard InChI is InChI=1S/C29H30N/c1-5-27-25-15-14-23(22-12-9-10-20(3)18-22)19-26(25)28-24-13-8-7-11-21(24)16-17-30(28)29(27,4)6-2/h7-19,27H,5-6H2,1-4H3/q+1. The van der Waals surface area contributed by atoms with Crippen LogP contribution >= 0.6 is 0 Å². The topological polar surface area (TPSA) is 3.88 Å². The van der Waals surface area contributed by atoms with Crippen LogP contribution in [0.1, 0.15) is 50.7 Å². The molecule has 30 heavy (non-hydrogen) atoms. The Bertz CT molecular complexity index is 1250. The lowest BCUT2D eigenvalue weighted by Gasteiger charge is -2.38. The third-order valence-electron chi connectivity index (χ3n) is 7.32. The summed E-state index contributed by atoms with van der Waals surface area (Å²) in [5, 5.41) is 2.65. The molecule has 0 radical (unpaired) electrons. The third-order valence-corrected chi connectivity index (χ3v) is 7.32. The molecule has 1 nitrogen and oxygen atoms in total. The van der Waals surface area contributed by atoms with Gasteiger partial charge >= 0.3 is 0 Å². The maximum atomic E-state index is 2.58. The number of aromatic nitrogens is 1. The largest absolute Gasteiger partial charge is 0.221 e. The number of benzene rings is 3. The SMILES string of the molecule is CCC1c2ccc(-c3cccc(C)c3)cc2-c2c3ccccc3cc[n+]2C1(C)CC. The molecule has 1 aromatic heterocycles. The van der Waals surface area contributed by atoms with E-state index in [9.17, 15) is 0 Å². The van der Waals surface area contributed by atoms with Crippen LogP contribution in [0.5, 0.6) is 0 Å². The summed E-state index contributed by atoms with van der Waals surface area (Å²) in [6, 6.07) is 27.1. The molecular formula is C29H30N+. The average molecular weight is 393 g/mol. The summed E-state index contributed by atoms with van der Waals surface area (Å²) in [7, 11) is 0. The van der Waals surface area contributed by atoms with Crippen LogP contribution in [0.4, 0.5) is 0 Å². The first-order valence-electron chi connectivity index (χ1n) is 11.2. The summed E-state index contributed by atoms with van der Waals surface area (Å²) in [6.45, 7) is 9.28. The van der Waals surface area contributed by atoms with E-state index in [0.29, 0.717) is 5.92 Å². The van der Waals surface area contributed by atoms with Crippen molar-refractivity contribution in [2.45, 2.75) is 52.0 Å². The second kappa shape index (κ2) is 7.09. The van der Waals surface area contributed by atoms with E-state index in [4.69, 9.17) is 0 Å². The predicted octanol–water partition coefficient (Wildman–Crippen LogP) is 7.40. The molecule has 0 amide bonds. The second-order valence-corrected chi connectivity index (χ2v) is 8.96. The molecule has 5 rings (SSSR count). The number of aryl methyl sites for hydroxylation is 1. The van der Waals surface area contributed by atoms with E-state index in [-0.39, 0.29) is 5.54 Å². The Morgan fingerprint density at radius 3 is 2.43 bits per heavy atom. The van der Waals surface area contributed by atoms with Gasteiger partial charge in [-0.1, -0.05) is 74.0 Å². The number of rotatable bonds is 3. The van der Waals surface area contributed by atoms with Crippen molar-refractivity contribution < 1.29 is 4.57 Å². The number of hydrogen-bond donors (Lipinski definition) is 0. The second-order valence-electron chi connectivity index (χ2n) is 8.96. The van der Waals surface area contributed by atoms with Crippen LogP contribution in [-0.4, -0.2) is 0 Å². The molecule has 1 aliphatic rings.